The summed E-state index contributed by atoms with van der Waals surface area (Å²) in [5.41, 5.74) is 0. The average Bonchev–Trinajstić information content (AvgIpc) is 2.86. The van der Waals surface area contributed by atoms with E-state index in [1.807, 2.05) is 0 Å². The molecule has 0 aromatic carbocycles. The molecule has 1 atom stereocenters. The second kappa shape index (κ2) is 7.57. The lowest BCUT2D eigenvalue weighted by atomic mass is 10.2. The Morgan fingerprint density at radius 3 is 2.71 bits per heavy atom. The van der Waals surface area contributed by atoms with Crippen LogP contribution in [0.15, 0.2) is 10.9 Å². The molecule has 21 heavy (non-hydrogen) atoms. The number of carbonyl (C=O) groups excluding carboxylic acids is 1. The molecule has 0 saturated carbocycles. The number of rotatable bonds is 8. The first-order chi connectivity index (χ1) is 9.78. The standard InChI is InChI=1S/C10H16N4O6S/c1-21(18,19)5-3-7(9(15)16)14-10(17)11-4-2-8-12-6-13-20-8/h6-7H,2-5H2,1H3,(H,15,16)(H2,11,14,17). The first kappa shape index (κ1) is 16.9. The van der Waals surface area contributed by atoms with Crippen molar-refractivity contribution in [3.05, 3.63) is 12.2 Å². The highest BCUT2D eigenvalue weighted by molar-refractivity contribution is 7.90. The molecule has 0 saturated heterocycles. The summed E-state index contributed by atoms with van der Waals surface area (Å²) < 4.78 is 26.7. The number of amides is 2. The monoisotopic (exact) mass is 320 g/mol. The van der Waals surface area contributed by atoms with Crippen LogP contribution in [0, 0.1) is 0 Å². The molecule has 1 unspecified atom stereocenters. The Bertz CT molecular complexity index is 570. The molecule has 1 aromatic rings. The SMILES string of the molecule is CS(=O)(=O)CCC(NC(=O)NCCc1ncno1)C(=O)O. The predicted octanol–water partition coefficient (Wildman–Crippen LogP) is -1.20. The predicted molar refractivity (Wildman–Crippen MR) is 70.3 cm³/mol. The lowest BCUT2D eigenvalue weighted by Crippen LogP contribution is -2.47. The average molecular weight is 320 g/mol. The van der Waals surface area contributed by atoms with Crippen molar-refractivity contribution in [1.29, 1.82) is 0 Å². The van der Waals surface area contributed by atoms with E-state index in [-0.39, 0.29) is 18.7 Å². The summed E-state index contributed by atoms with van der Waals surface area (Å²) in [4.78, 5) is 26.2. The summed E-state index contributed by atoms with van der Waals surface area (Å²) in [7, 11) is -3.30. The lowest BCUT2D eigenvalue weighted by molar-refractivity contribution is -0.139. The van der Waals surface area contributed by atoms with E-state index in [1.54, 1.807) is 0 Å². The smallest absolute Gasteiger partial charge is 0.326 e. The molecule has 2 amide bonds. The highest BCUT2D eigenvalue weighted by atomic mass is 32.2. The van der Waals surface area contributed by atoms with Crippen LogP contribution in [0.5, 0.6) is 0 Å². The molecule has 0 spiro atoms. The number of carboxylic acid groups (broad SMARTS) is 1. The number of carbonyl (C=O) groups is 2. The fourth-order valence-electron chi connectivity index (χ4n) is 1.39. The molecule has 0 aliphatic heterocycles. The third-order valence-electron chi connectivity index (χ3n) is 2.41. The van der Waals surface area contributed by atoms with E-state index < -0.39 is 27.9 Å². The topological polar surface area (TPSA) is 151 Å². The zero-order valence-corrected chi connectivity index (χ0v) is 12.1. The zero-order valence-electron chi connectivity index (χ0n) is 11.3. The molecule has 0 bridgehead atoms. The van der Waals surface area contributed by atoms with Crippen molar-refractivity contribution in [3.63, 3.8) is 0 Å². The molecule has 11 heteroatoms. The maximum Gasteiger partial charge on any atom is 0.326 e. The van der Waals surface area contributed by atoms with Crippen LogP contribution in [-0.4, -0.2) is 60.3 Å². The van der Waals surface area contributed by atoms with Crippen LogP contribution < -0.4 is 10.6 Å². The van der Waals surface area contributed by atoms with E-state index in [1.165, 1.54) is 6.33 Å². The number of carboxylic acids is 1. The van der Waals surface area contributed by atoms with Crippen molar-refractivity contribution in [2.24, 2.45) is 0 Å². The van der Waals surface area contributed by atoms with Crippen molar-refractivity contribution in [1.82, 2.24) is 20.8 Å². The highest BCUT2D eigenvalue weighted by Crippen LogP contribution is 1.97. The molecule has 1 heterocycles. The molecule has 0 radical (unpaired) electrons. The van der Waals surface area contributed by atoms with E-state index in [2.05, 4.69) is 20.8 Å². The Labute approximate surface area is 120 Å². The molecular weight excluding hydrogens is 304 g/mol. The number of hydrogen-bond donors (Lipinski definition) is 3. The molecule has 10 nitrogen and oxygen atoms in total. The number of nitrogens with one attached hydrogen (secondary N) is 2. The van der Waals surface area contributed by atoms with Crippen LogP contribution in [0.1, 0.15) is 12.3 Å². The van der Waals surface area contributed by atoms with Gasteiger partial charge in [-0.3, -0.25) is 0 Å². The Kier molecular flexibility index (Phi) is 6.09. The normalized spacial score (nSPS) is 12.6. The van der Waals surface area contributed by atoms with Gasteiger partial charge in [0.2, 0.25) is 5.89 Å². The van der Waals surface area contributed by atoms with E-state index in [0.29, 0.717) is 12.3 Å². The summed E-state index contributed by atoms with van der Waals surface area (Å²) >= 11 is 0. The van der Waals surface area contributed by atoms with Crippen LogP contribution in [0.3, 0.4) is 0 Å². The fraction of sp³-hybridized carbons (Fsp3) is 0.600. The van der Waals surface area contributed by atoms with E-state index in [0.717, 1.165) is 6.26 Å². The van der Waals surface area contributed by atoms with Crippen LogP contribution in [0.25, 0.3) is 0 Å². The summed E-state index contributed by atoms with van der Waals surface area (Å²) in [5, 5.41) is 16.9. The van der Waals surface area contributed by atoms with Crippen molar-refractivity contribution < 1.29 is 27.6 Å². The second-order valence-corrected chi connectivity index (χ2v) is 6.55. The van der Waals surface area contributed by atoms with Crippen LogP contribution >= 0.6 is 0 Å². The molecule has 1 rings (SSSR count). The Balaban J connectivity index is 2.36. The van der Waals surface area contributed by atoms with Crippen LogP contribution in [-0.2, 0) is 21.1 Å². The van der Waals surface area contributed by atoms with Gasteiger partial charge < -0.3 is 20.3 Å². The summed E-state index contributed by atoms with van der Waals surface area (Å²) in [6.07, 6.45) is 2.32. The molecule has 0 fully saturated rings. The van der Waals surface area contributed by atoms with Crippen LogP contribution in [0.4, 0.5) is 4.79 Å². The van der Waals surface area contributed by atoms with Gasteiger partial charge in [-0.25, -0.2) is 18.0 Å². The van der Waals surface area contributed by atoms with Gasteiger partial charge in [-0.15, -0.1) is 0 Å². The van der Waals surface area contributed by atoms with Gasteiger partial charge in [-0.1, -0.05) is 5.16 Å². The minimum absolute atomic E-state index is 0.173. The molecule has 3 N–H and O–H groups in total. The van der Waals surface area contributed by atoms with E-state index in [4.69, 9.17) is 9.63 Å². The molecule has 0 aliphatic carbocycles. The minimum Gasteiger partial charge on any atom is -0.480 e. The van der Waals surface area contributed by atoms with Gasteiger partial charge in [0.15, 0.2) is 6.33 Å². The van der Waals surface area contributed by atoms with Crippen molar-refractivity contribution in [2.75, 3.05) is 18.6 Å². The molecule has 1 aromatic heterocycles. The maximum atomic E-state index is 11.5. The lowest BCUT2D eigenvalue weighted by Gasteiger charge is -2.14. The molecular formula is C10H16N4O6S. The zero-order chi connectivity index (χ0) is 15.9. The largest absolute Gasteiger partial charge is 0.480 e. The number of sulfone groups is 1. The van der Waals surface area contributed by atoms with E-state index >= 15 is 0 Å². The highest BCUT2D eigenvalue weighted by Gasteiger charge is 2.21. The first-order valence-electron chi connectivity index (χ1n) is 5.98. The fourth-order valence-corrected chi connectivity index (χ4v) is 2.05. The first-order valence-corrected chi connectivity index (χ1v) is 8.04. The van der Waals surface area contributed by atoms with Gasteiger partial charge in [-0.2, -0.15) is 4.98 Å². The van der Waals surface area contributed by atoms with Crippen molar-refractivity contribution in [2.45, 2.75) is 18.9 Å². The number of urea groups is 1. The van der Waals surface area contributed by atoms with Gasteiger partial charge in [0.1, 0.15) is 15.9 Å². The summed E-state index contributed by atoms with van der Waals surface area (Å²) in [6, 6.07) is -1.99. The number of nitrogens with zero attached hydrogens (tertiary/aromatic N) is 2. The Hall–Kier alpha value is -2.17. The second-order valence-electron chi connectivity index (χ2n) is 4.29. The van der Waals surface area contributed by atoms with Crippen molar-refractivity contribution >= 4 is 21.8 Å². The quantitative estimate of drug-likeness (QED) is 0.540. The minimum atomic E-state index is -3.30. The maximum absolute atomic E-state index is 11.5. The van der Waals surface area contributed by atoms with Gasteiger partial charge >= 0.3 is 12.0 Å². The Morgan fingerprint density at radius 1 is 1.48 bits per heavy atom. The third kappa shape index (κ3) is 7.25. The number of aliphatic carboxylic acids is 1. The summed E-state index contributed by atoms with van der Waals surface area (Å²) in [6.45, 7) is 0.173. The van der Waals surface area contributed by atoms with Gasteiger partial charge in [0.25, 0.3) is 0 Å². The Morgan fingerprint density at radius 2 is 2.19 bits per heavy atom. The number of hydrogen-bond acceptors (Lipinski definition) is 7. The van der Waals surface area contributed by atoms with Crippen LogP contribution in [0.2, 0.25) is 0 Å². The summed E-state index contributed by atoms with van der Waals surface area (Å²) in [5.74, 6) is -1.29. The molecule has 0 aliphatic rings. The number of aromatic nitrogens is 2. The van der Waals surface area contributed by atoms with Crippen molar-refractivity contribution in [3.8, 4) is 0 Å². The van der Waals surface area contributed by atoms with Gasteiger partial charge in [0, 0.05) is 19.2 Å². The van der Waals surface area contributed by atoms with Gasteiger partial charge in [0.05, 0.1) is 5.75 Å². The third-order valence-corrected chi connectivity index (χ3v) is 3.39. The molecule has 118 valence electrons. The van der Waals surface area contributed by atoms with E-state index in [9.17, 15) is 18.0 Å². The van der Waals surface area contributed by atoms with Gasteiger partial charge in [-0.05, 0) is 6.42 Å².